The Bertz CT molecular complexity index is 1740. The Morgan fingerprint density at radius 1 is 1.08 bits per heavy atom. The molecule has 10 nitrogen and oxygen atoms in total. The zero-order chi connectivity index (χ0) is 25.0. The lowest BCUT2D eigenvalue weighted by molar-refractivity contribution is 0.272. The average molecular weight is 484 g/mol. The maximum atomic E-state index is 9.49. The Kier molecular flexibility index (Phi) is 5.11. The lowest BCUT2D eigenvalue weighted by atomic mass is 10.0. The largest absolute Gasteiger partial charge is 0.496 e. The van der Waals surface area contributed by atoms with Crippen LogP contribution in [-0.4, -0.2) is 48.7 Å². The number of methoxy groups -OCH3 is 1. The minimum atomic E-state index is -0.00230. The Hall–Kier alpha value is -4.44. The molecule has 0 unspecified atom stereocenters. The fraction of sp³-hybridized carbons (Fsp3) is 0.231. The number of H-pyrrole nitrogens is 1. The van der Waals surface area contributed by atoms with E-state index in [1.54, 1.807) is 11.8 Å². The molecule has 0 amide bonds. The number of hydrogen-bond donors (Lipinski definition) is 3. The molecule has 0 fully saturated rings. The first-order chi connectivity index (χ1) is 17.5. The fourth-order valence-corrected chi connectivity index (χ4v) is 4.86. The first kappa shape index (κ1) is 22.1. The van der Waals surface area contributed by atoms with Gasteiger partial charge in [0.1, 0.15) is 28.8 Å². The van der Waals surface area contributed by atoms with Gasteiger partial charge in [0.2, 0.25) is 0 Å². The van der Waals surface area contributed by atoms with Gasteiger partial charge in [0, 0.05) is 21.9 Å². The van der Waals surface area contributed by atoms with E-state index in [1.165, 1.54) is 0 Å². The Balaban J connectivity index is 1.56. The van der Waals surface area contributed by atoms with Crippen molar-refractivity contribution in [2.24, 2.45) is 0 Å². The molecule has 2 aromatic carbocycles. The molecule has 6 rings (SSSR count). The summed E-state index contributed by atoms with van der Waals surface area (Å²) in [6, 6.07) is 11.9. The van der Waals surface area contributed by atoms with Crippen molar-refractivity contribution in [1.29, 1.82) is 0 Å². The van der Waals surface area contributed by atoms with Gasteiger partial charge in [-0.2, -0.15) is 5.10 Å². The number of fused-ring (bicyclic) bond motifs is 4. The molecule has 0 spiro atoms. The number of para-hydroxylation sites is 1. The summed E-state index contributed by atoms with van der Waals surface area (Å²) >= 11 is 0. The van der Waals surface area contributed by atoms with E-state index in [9.17, 15) is 5.11 Å². The summed E-state index contributed by atoms with van der Waals surface area (Å²) in [5, 5.41) is 24.4. The molecular weight excluding hydrogens is 458 g/mol. The molecule has 182 valence electrons. The van der Waals surface area contributed by atoms with E-state index in [-0.39, 0.29) is 6.61 Å². The van der Waals surface area contributed by atoms with Gasteiger partial charge in [-0.05, 0) is 45.0 Å². The average Bonchev–Trinajstić information content (AvgIpc) is 3.51. The molecule has 0 saturated carbocycles. The van der Waals surface area contributed by atoms with E-state index in [0.29, 0.717) is 35.4 Å². The van der Waals surface area contributed by atoms with E-state index in [2.05, 4.69) is 20.4 Å². The standard InChI is InChI=1S/C26H25N7O3/c1-13-22(14(2)36-32-13)18-11-19-17(12-21(18)35-4)23-25(29-19)27-15(3)28-26(23)30-24-16-7-5-6-8-20(16)33(31-24)9-10-34/h5-8,11-12,34H,9-10H2,1-4H3,(H2,27,28,29,30,31). The summed E-state index contributed by atoms with van der Waals surface area (Å²) in [5.41, 5.74) is 5.12. The first-order valence-corrected chi connectivity index (χ1v) is 11.6. The Morgan fingerprint density at radius 2 is 1.92 bits per heavy atom. The number of aromatic nitrogens is 6. The van der Waals surface area contributed by atoms with Crippen molar-refractivity contribution in [3.05, 3.63) is 53.7 Å². The molecular formula is C26H25N7O3. The van der Waals surface area contributed by atoms with E-state index < -0.39 is 0 Å². The van der Waals surface area contributed by atoms with Crippen LogP contribution in [0.5, 0.6) is 5.75 Å². The monoisotopic (exact) mass is 483 g/mol. The van der Waals surface area contributed by atoms with Crippen LogP contribution in [0.1, 0.15) is 17.3 Å². The molecule has 0 aliphatic carbocycles. The van der Waals surface area contributed by atoms with Crippen LogP contribution in [0.2, 0.25) is 0 Å². The molecule has 6 aromatic rings. The van der Waals surface area contributed by atoms with E-state index in [4.69, 9.17) is 19.3 Å². The predicted molar refractivity (Wildman–Crippen MR) is 138 cm³/mol. The zero-order valence-electron chi connectivity index (χ0n) is 20.4. The van der Waals surface area contributed by atoms with Crippen molar-refractivity contribution in [2.75, 3.05) is 19.0 Å². The second kappa shape index (κ2) is 8.35. The summed E-state index contributed by atoms with van der Waals surface area (Å²) in [6.45, 7) is 6.06. The van der Waals surface area contributed by atoms with Gasteiger partial charge < -0.3 is 24.7 Å². The van der Waals surface area contributed by atoms with Gasteiger partial charge in [0.25, 0.3) is 0 Å². The van der Waals surface area contributed by atoms with E-state index in [0.717, 1.165) is 49.8 Å². The number of hydrogen-bond acceptors (Lipinski definition) is 8. The number of aliphatic hydroxyl groups is 1. The Labute approximate surface area is 205 Å². The number of aromatic amines is 1. The molecule has 3 N–H and O–H groups in total. The lowest BCUT2D eigenvalue weighted by Crippen LogP contribution is -2.04. The van der Waals surface area contributed by atoms with Gasteiger partial charge in [0.05, 0.1) is 42.4 Å². The third-order valence-electron chi connectivity index (χ3n) is 6.39. The van der Waals surface area contributed by atoms with Crippen LogP contribution in [0.3, 0.4) is 0 Å². The van der Waals surface area contributed by atoms with Gasteiger partial charge in [-0.1, -0.05) is 17.3 Å². The number of nitrogens with one attached hydrogen (secondary N) is 2. The van der Waals surface area contributed by atoms with Crippen LogP contribution in [0.15, 0.2) is 40.9 Å². The van der Waals surface area contributed by atoms with Crippen LogP contribution in [-0.2, 0) is 6.54 Å². The maximum absolute atomic E-state index is 9.49. The first-order valence-electron chi connectivity index (χ1n) is 11.6. The van der Waals surface area contributed by atoms with E-state index in [1.807, 2.05) is 57.2 Å². The molecule has 4 aromatic heterocycles. The van der Waals surface area contributed by atoms with Crippen molar-refractivity contribution in [1.82, 2.24) is 29.9 Å². The molecule has 0 radical (unpaired) electrons. The van der Waals surface area contributed by atoms with Crippen molar-refractivity contribution < 1.29 is 14.4 Å². The third-order valence-corrected chi connectivity index (χ3v) is 6.39. The highest BCUT2D eigenvalue weighted by atomic mass is 16.5. The van der Waals surface area contributed by atoms with Crippen LogP contribution >= 0.6 is 0 Å². The van der Waals surface area contributed by atoms with Gasteiger partial charge in [0.15, 0.2) is 5.82 Å². The summed E-state index contributed by atoms with van der Waals surface area (Å²) < 4.78 is 13.0. The number of benzene rings is 2. The topological polar surface area (TPSA) is 127 Å². The predicted octanol–water partition coefficient (Wildman–Crippen LogP) is 4.79. The van der Waals surface area contributed by atoms with Gasteiger partial charge >= 0.3 is 0 Å². The van der Waals surface area contributed by atoms with Gasteiger partial charge in [-0.3, -0.25) is 4.68 Å². The molecule has 0 atom stereocenters. The van der Waals surface area contributed by atoms with Gasteiger partial charge in [-0.15, -0.1) is 0 Å². The highest BCUT2D eigenvalue weighted by Gasteiger charge is 2.21. The minimum Gasteiger partial charge on any atom is -0.496 e. The van der Waals surface area contributed by atoms with Crippen molar-refractivity contribution in [2.45, 2.75) is 27.3 Å². The van der Waals surface area contributed by atoms with Crippen molar-refractivity contribution in [3.8, 4) is 16.9 Å². The van der Waals surface area contributed by atoms with Crippen LogP contribution in [0.25, 0.3) is 44.0 Å². The number of anilines is 2. The molecule has 4 heterocycles. The maximum Gasteiger partial charge on any atom is 0.161 e. The molecule has 36 heavy (non-hydrogen) atoms. The van der Waals surface area contributed by atoms with Crippen molar-refractivity contribution >= 4 is 44.5 Å². The van der Waals surface area contributed by atoms with E-state index >= 15 is 0 Å². The van der Waals surface area contributed by atoms with Crippen LogP contribution in [0, 0.1) is 20.8 Å². The number of rotatable bonds is 6. The quantitative estimate of drug-likeness (QED) is 0.309. The molecule has 10 heteroatoms. The molecule has 0 saturated heterocycles. The third kappa shape index (κ3) is 3.37. The normalized spacial score (nSPS) is 11.7. The van der Waals surface area contributed by atoms with Gasteiger partial charge in [-0.25, -0.2) is 9.97 Å². The highest BCUT2D eigenvalue weighted by Crippen LogP contribution is 2.41. The number of aliphatic hydroxyl groups excluding tert-OH is 1. The summed E-state index contributed by atoms with van der Waals surface area (Å²) in [7, 11) is 1.65. The zero-order valence-corrected chi connectivity index (χ0v) is 20.4. The fourth-order valence-electron chi connectivity index (χ4n) is 4.86. The smallest absolute Gasteiger partial charge is 0.161 e. The number of ether oxygens (including phenoxy) is 1. The van der Waals surface area contributed by atoms with Crippen LogP contribution < -0.4 is 10.1 Å². The van der Waals surface area contributed by atoms with Crippen LogP contribution in [0.4, 0.5) is 11.6 Å². The minimum absolute atomic E-state index is 0.00230. The lowest BCUT2D eigenvalue weighted by Gasteiger charge is -2.10. The second-order valence-electron chi connectivity index (χ2n) is 8.70. The van der Waals surface area contributed by atoms with Crippen molar-refractivity contribution in [3.63, 3.8) is 0 Å². The highest BCUT2D eigenvalue weighted by molar-refractivity contribution is 6.13. The number of nitrogens with zero attached hydrogens (tertiary/aromatic N) is 5. The molecule has 0 bridgehead atoms. The summed E-state index contributed by atoms with van der Waals surface area (Å²) in [4.78, 5) is 12.8. The SMILES string of the molecule is COc1cc2c(cc1-c1c(C)noc1C)[nH]c1nc(C)nc(Nc3nn(CCO)c4ccccc34)c12. The second-order valence-corrected chi connectivity index (χ2v) is 8.70. The number of aryl methyl sites for hydroxylation is 3. The summed E-state index contributed by atoms with van der Waals surface area (Å²) in [5.74, 6) is 3.34. The molecule has 0 aliphatic heterocycles. The molecule has 0 aliphatic rings. The summed E-state index contributed by atoms with van der Waals surface area (Å²) in [6.07, 6.45) is 0. The Morgan fingerprint density at radius 3 is 2.67 bits per heavy atom.